The standard InChI is InChI=1S/C18H20N2O4.C3H4/c1-20(2)18(24)16(22)15(21)17(23)19-14-11-7-6-10-13(14)12-8-4-3-5-9-12;1-3-2/h3-11,15-16,21-22H,1-2H3,(H,19,23);1H,2H3. The van der Waals surface area contributed by atoms with Crippen LogP contribution in [-0.4, -0.2) is 53.2 Å². The summed E-state index contributed by atoms with van der Waals surface area (Å²) >= 11 is 0. The Balaban J connectivity index is 0.00000114. The highest BCUT2D eigenvalue weighted by Crippen LogP contribution is 2.27. The summed E-state index contributed by atoms with van der Waals surface area (Å²) in [5, 5.41) is 22.3. The van der Waals surface area contributed by atoms with Gasteiger partial charge in [-0.05, 0) is 18.6 Å². The lowest BCUT2D eigenvalue weighted by Gasteiger charge is -2.20. The van der Waals surface area contributed by atoms with Crippen molar-refractivity contribution in [1.29, 1.82) is 0 Å². The monoisotopic (exact) mass is 368 g/mol. The predicted octanol–water partition coefficient (Wildman–Crippen LogP) is 1.74. The van der Waals surface area contributed by atoms with Crippen LogP contribution in [0.2, 0.25) is 0 Å². The molecule has 0 heterocycles. The Labute approximate surface area is 159 Å². The Kier molecular flexibility index (Phi) is 8.73. The van der Waals surface area contributed by atoms with Gasteiger partial charge in [0.15, 0.2) is 12.2 Å². The van der Waals surface area contributed by atoms with Crippen LogP contribution >= 0.6 is 0 Å². The summed E-state index contributed by atoms with van der Waals surface area (Å²) < 4.78 is 0. The molecule has 2 amide bonds. The van der Waals surface area contributed by atoms with E-state index in [9.17, 15) is 19.8 Å². The molecule has 6 nitrogen and oxygen atoms in total. The number of nitrogens with one attached hydrogen (secondary N) is 1. The number of aliphatic hydroxyl groups excluding tert-OH is 2. The van der Waals surface area contributed by atoms with E-state index in [1.807, 2.05) is 42.5 Å². The first-order valence-corrected chi connectivity index (χ1v) is 8.23. The van der Waals surface area contributed by atoms with E-state index in [-0.39, 0.29) is 0 Å². The van der Waals surface area contributed by atoms with Crippen molar-refractivity contribution in [1.82, 2.24) is 4.90 Å². The van der Waals surface area contributed by atoms with Crippen LogP contribution in [0.15, 0.2) is 54.6 Å². The fourth-order valence-corrected chi connectivity index (χ4v) is 2.21. The zero-order valence-electron chi connectivity index (χ0n) is 15.6. The van der Waals surface area contributed by atoms with Crippen LogP contribution in [0, 0.1) is 12.3 Å². The third-order valence-electron chi connectivity index (χ3n) is 3.53. The van der Waals surface area contributed by atoms with Gasteiger partial charge in [0.1, 0.15) is 0 Å². The minimum Gasteiger partial charge on any atom is -0.380 e. The Morgan fingerprint density at radius 2 is 1.52 bits per heavy atom. The molecule has 2 aromatic carbocycles. The highest BCUT2D eigenvalue weighted by Gasteiger charge is 2.31. The van der Waals surface area contributed by atoms with Gasteiger partial charge in [0.05, 0.1) is 0 Å². The van der Waals surface area contributed by atoms with Crippen LogP contribution in [-0.2, 0) is 9.59 Å². The van der Waals surface area contributed by atoms with E-state index in [1.54, 1.807) is 19.1 Å². The van der Waals surface area contributed by atoms with E-state index in [4.69, 9.17) is 0 Å². The molecule has 0 bridgehead atoms. The van der Waals surface area contributed by atoms with Crippen molar-refractivity contribution in [3.05, 3.63) is 54.6 Å². The molecule has 27 heavy (non-hydrogen) atoms. The Morgan fingerprint density at radius 1 is 1.00 bits per heavy atom. The molecule has 2 atom stereocenters. The van der Waals surface area contributed by atoms with Crippen LogP contribution in [0.3, 0.4) is 0 Å². The molecule has 2 aromatic rings. The zero-order chi connectivity index (χ0) is 20.4. The number of hydrogen-bond acceptors (Lipinski definition) is 4. The number of terminal acetylenes is 1. The SMILES string of the molecule is C#CC.CN(C)C(=O)C(O)C(O)C(=O)Nc1ccccc1-c1ccccc1. The molecule has 0 spiro atoms. The van der Waals surface area contributed by atoms with Crippen molar-refractivity contribution in [2.24, 2.45) is 0 Å². The number of hydrogen-bond donors (Lipinski definition) is 3. The first-order valence-electron chi connectivity index (χ1n) is 8.23. The molecule has 0 aliphatic rings. The summed E-state index contributed by atoms with van der Waals surface area (Å²) in [4.78, 5) is 24.9. The van der Waals surface area contributed by atoms with Crippen LogP contribution in [0.4, 0.5) is 5.69 Å². The van der Waals surface area contributed by atoms with E-state index in [1.165, 1.54) is 14.1 Å². The predicted molar refractivity (Wildman–Crippen MR) is 106 cm³/mol. The third-order valence-corrected chi connectivity index (χ3v) is 3.53. The van der Waals surface area contributed by atoms with Crippen LogP contribution < -0.4 is 5.32 Å². The number of carbonyl (C=O) groups is 2. The molecule has 0 aliphatic carbocycles. The number of likely N-dealkylation sites (N-methyl/N-ethyl adjacent to an activating group) is 1. The molecule has 0 saturated carbocycles. The highest BCUT2D eigenvalue weighted by atomic mass is 16.3. The van der Waals surface area contributed by atoms with Gasteiger partial charge in [0, 0.05) is 25.3 Å². The van der Waals surface area contributed by atoms with Gasteiger partial charge in [0.25, 0.3) is 11.8 Å². The van der Waals surface area contributed by atoms with Gasteiger partial charge < -0.3 is 20.4 Å². The largest absolute Gasteiger partial charge is 0.380 e. The van der Waals surface area contributed by atoms with Gasteiger partial charge in [-0.2, -0.15) is 0 Å². The lowest BCUT2D eigenvalue weighted by Crippen LogP contribution is -2.47. The maximum absolute atomic E-state index is 12.2. The summed E-state index contributed by atoms with van der Waals surface area (Å²) in [6.45, 7) is 1.65. The number of carbonyl (C=O) groups excluding carboxylic acids is 2. The van der Waals surface area contributed by atoms with Crippen molar-refractivity contribution >= 4 is 17.5 Å². The Morgan fingerprint density at radius 3 is 2.07 bits per heavy atom. The lowest BCUT2D eigenvalue weighted by molar-refractivity contribution is -0.149. The normalized spacial score (nSPS) is 11.9. The van der Waals surface area contributed by atoms with Crippen molar-refractivity contribution in [3.63, 3.8) is 0 Å². The molecule has 0 radical (unpaired) electrons. The van der Waals surface area contributed by atoms with Gasteiger partial charge >= 0.3 is 0 Å². The average molecular weight is 368 g/mol. The minimum atomic E-state index is -1.86. The summed E-state index contributed by atoms with van der Waals surface area (Å²) in [5.41, 5.74) is 2.15. The van der Waals surface area contributed by atoms with Crippen molar-refractivity contribution in [3.8, 4) is 23.5 Å². The van der Waals surface area contributed by atoms with Crippen LogP contribution in [0.25, 0.3) is 11.1 Å². The van der Waals surface area contributed by atoms with Gasteiger partial charge in [0.2, 0.25) is 0 Å². The molecule has 3 N–H and O–H groups in total. The Bertz CT molecular complexity index is 797. The second-order valence-electron chi connectivity index (χ2n) is 5.81. The van der Waals surface area contributed by atoms with Crippen molar-refractivity contribution in [2.45, 2.75) is 19.1 Å². The first-order chi connectivity index (χ1) is 12.8. The molecular weight excluding hydrogens is 344 g/mol. The van der Waals surface area contributed by atoms with Crippen LogP contribution in [0.5, 0.6) is 0 Å². The quantitative estimate of drug-likeness (QED) is 0.702. The van der Waals surface area contributed by atoms with Gasteiger partial charge in [-0.3, -0.25) is 9.59 Å². The molecular formula is C21H24N2O4. The number of aliphatic hydroxyl groups is 2. The zero-order valence-corrected chi connectivity index (χ0v) is 15.6. The third kappa shape index (κ3) is 6.26. The van der Waals surface area contributed by atoms with Gasteiger partial charge in [-0.1, -0.05) is 48.5 Å². The summed E-state index contributed by atoms with van der Waals surface area (Å²) in [6.07, 6.45) is 0.924. The molecule has 0 fully saturated rings. The lowest BCUT2D eigenvalue weighted by atomic mass is 10.0. The summed E-state index contributed by atoms with van der Waals surface area (Å²) in [6, 6.07) is 16.5. The van der Waals surface area contributed by atoms with Crippen LogP contribution in [0.1, 0.15) is 6.92 Å². The van der Waals surface area contributed by atoms with Crippen molar-refractivity contribution < 1.29 is 19.8 Å². The number of amides is 2. The second kappa shape index (κ2) is 10.8. The molecule has 0 aliphatic heterocycles. The number of anilines is 1. The number of benzene rings is 2. The molecule has 2 rings (SSSR count). The van der Waals surface area contributed by atoms with E-state index in [2.05, 4.69) is 17.7 Å². The topological polar surface area (TPSA) is 89.9 Å². The first kappa shape index (κ1) is 21.9. The average Bonchev–Trinajstić information content (AvgIpc) is 2.67. The maximum atomic E-state index is 12.2. The molecule has 0 saturated heterocycles. The number of nitrogens with zero attached hydrogens (tertiary/aromatic N) is 1. The molecule has 0 aromatic heterocycles. The van der Waals surface area contributed by atoms with E-state index < -0.39 is 24.0 Å². The molecule has 142 valence electrons. The van der Waals surface area contributed by atoms with E-state index in [0.717, 1.165) is 16.0 Å². The summed E-state index contributed by atoms with van der Waals surface area (Å²) in [5.74, 6) is 0.662. The Hall–Kier alpha value is -3.14. The van der Waals surface area contributed by atoms with Gasteiger partial charge in [-0.15, -0.1) is 12.3 Å². The van der Waals surface area contributed by atoms with Gasteiger partial charge in [-0.25, -0.2) is 0 Å². The summed E-state index contributed by atoms with van der Waals surface area (Å²) in [7, 11) is 2.86. The number of rotatable bonds is 5. The highest BCUT2D eigenvalue weighted by molar-refractivity contribution is 6.00. The number of para-hydroxylation sites is 1. The molecule has 2 unspecified atom stereocenters. The van der Waals surface area contributed by atoms with E-state index >= 15 is 0 Å². The minimum absolute atomic E-state index is 0.484. The molecule has 6 heteroatoms. The maximum Gasteiger partial charge on any atom is 0.256 e. The fraction of sp³-hybridized carbons (Fsp3) is 0.238. The van der Waals surface area contributed by atoms with Crippen molar-refractivity contribution in [2.75, 3.05) is 19.4 Å². The van der Waals surface area contributed by atoms with E-state index in [0.29, 0.717) is 5.69 Å². The second-order valence-corrected chi connectivity index (χ2v) is 5.81. The smallest absolute Gasteiger partial charge is 0.256 e. The fourth-order valence-electron chi connectivity index (χ4n) is 2.21.